The quantitative estimate of drug-likeness (QED) is 0.336. The molecule has 1 unspecified atom stereocenters. The van der Waals surface area contributed by atoms with Crippen LogP contribution in [0.25, 0.3) is 0 Å². The summed E-state index contributed by atoms with van der Waals surface area (Å²) in [4.78, 5) is 11.3. The fourth-order valence-electron chi connectivity index (χ4n) is 4.45. The molecule has 0 bridgehead atoms. The van der Waals surface area contributed by atoms with Crippen molar-refractivity contribution in [3.63, 3.8) is 0 Å². The van der Waals surface area contributed by atoms with Crippen LogP contribution < -0.4 is 19.9 Å². The number of hydrogen-bond acceptors (Lipinski definition) is 4. The highest BCUT2D eigenvalue weighted by atomic mass is 127. The number of aliphatic imine (C=N–C) groups is 1. The molecule has 2 aliphatic rings. The van der Waals surface area contributed by atoms with Gasteiger partial charge in [-0.1, -0.05) is 0 Å². The second-order valence-corrected chi connectivity index (χ2v) is 8.30. The zero-order valence-corrected chi connectivity index (χ0v) is 21.5. The largest absolute Gasteiger partial charge is 0.497 e. The molecule has 33 heavy (non-hydrogen) atoms. The third-order valence-electron chi connectivity index (χ3n) is 6.33. The van der Waals surface area contributed by atoms with Crippen LogP contribution in [0.1, 0.15) is 6.42 Å². The Morgan fingerprint density at radius 2 is 1.67 bits per heavy atom. The van der Waals surface area contributed by atoms with Crippen molar-refractivity contribution < 1.29 is 13.5 Å². The molecule has 2 aromatic carbocycles. The zero-order chi connectivity index (χ0) is 22.5. The third-order valence-corrected chi connectivity index (χ3v) is 6.33. The molecule has 2 fully saturated rings. The summed E-state index contributed by atoms with van der Waals surface area (Å²) in [6, 6.07) is 12.3. The van der Waals surface area contributed by atoms with E-state index < -0.39 is 11.6 Å². The Kier molecular flexibility index (Phi) is 8.99. The Balaban J connectivity index is 0.00000306. The molecular formula is C24H32F2IN5O. The van der Waals surface area contributed by atoms with Crippen LogP contribution in [0, 0.1) is 17.6 Å². The monoisotopic (exact) mass is 571 g/mol. The Hall–Kier alpha value is -2.30. The van der Waals surface area contributed by atoms with Gasteiger partial charge in [0, 0.05) is 70.3 Å². The van der Waals surface area contributed by atoms with Crippen LogP contribution in [0.5, 0.6) is 5.75 Å². The van der Waals surface area contributed by atoms with Gasteiger partial charge < -0.3 is 24.8 Å². The van der Waals surface area contributed by atoms with Crippen molar-refractivity contribution in [1.82, 2.24) is 10.2 Å². The molecule has 0 aromatic heterocycles. The summed E-state index contributed by atoms with van der Waals surface area (Å²) in [5.41, 5.74) is 1.95. The van der Waals surface area contributed by atoms with Crippen molar-refractivity contribution in [2.75, 3.05) is 69.8 Å². The number of ether oxygens (including phenoxy) is 1. The van der Waals surface area contributed by atoms with E-state index >= 15 is 0 Å². The van der Waals surface area contributed by atoms with Crippen molar-refractivity contribution >= 4 is 41.3 Å². The standard InChI is InChI=1S/C24H31F2N5O.HI/c1-27-24(30-13-11-29(12-14-30)19-3-6-21(32-2)7-4-19)28-16-18-9-10-31(17-18)20-5-8-22(25)23(26)15-20;/h3-8,15,18H,9-14,16-17H2,1-2H3,(H,27,28);1H. The van der Waals surface area contributed by atoms with E-state index in [0.29, 0.717) is 5.92 Å². The summed E-state index contributed by atoms with van der Waals surface area (Å²) in [6.07, 6.45) is 1.01. The first kappa shape index (κ1) is 25.3. The van der Waals surface area contributed by atoms with E-state index in [1.54, 1.807) is 13.2 Å². The summed E-state index contributed by atoms with van der Waals surface area (Å²) in [7, 11) is 3.50. The number of nitrogens with zero attached hydrogens (tertiary/aromatic N) is 4. The van der Waals surface area contributed by atoms with E-state index in [1.807, 2.05) is 19.2 Å². The van der Waals surface area contributed by atoms with Gasteiger partial charge in [-0.25, -0.2) is 8.78 Å². The third kappa shape index (κ3) is 6.18. The zero-order valence-electron chi connectivity index (χ0n) is 19.1. The van der Waals surface area contributed by atoms with Gasteiger partial charge in [0.05, 0.1) is 7.11 Å². The molecule has 2 aromatic rings. The first-order valence-electron chi connectivity index (χ1n) is 11.1. The van der Waals surface area contributed by atoms with Crippen molar-refractivity contribution in [1.29, 1.82) is 0 Å². The molecule has 6 nitrogen and oxygen atoms in total. The van der Waals surface area contributed by atoms with Crippen molar-refractivity contribution in [3.05, 3.63) is 54.1 Å². The lowest BCUT2D eigenvalue weighted by Crippen LogP contribution is -2.53. The molecule has 2 aliphatic heterocycles. The Morgan fingerprint density at radius 3 is 2.30 bits per heavy atom. The average Bonchev–Trinajstić information content (AvgIpc) is 3.31. The smallest absolute Gasteiger partial charge is 0.193 e. The van der Waals surface area contributed by atoms with Gasteiger partial charge in [-0.2, -0.15) is 0 Å². The predicted octanol–water partition coefficient (Wildman–Crippen LogP) is 3.82. The minimum atomic E-state index is -0.804. The molecule has 0 amide bonds. The summed E-state index contributed by atoms with van der Waals surface area (Å²) in [6.45, 7) is 6.14. The summed E-state index contributed by atoms with van der Waals surface area (Å²) < 4.78 is 32.0. The van der Waals surface area contributed by atoms with E-state index in [2.05, 4.69) is 37.1 Å². The molecule has 0 saturated carbocycles. The topological polar surface area (TPSA) is 43.3 Å². The van der Waals surface area contributed by atoms with Gasteiger partial charge in [0.1, 0.15) is 5.75 Å². The van der Waals surface area contributed by atoms with Crippen LogP contribution >= 0.6 is 24.0 Å². The molecule has 2 heterocycles. The van der Waals surface area contributed by atoms with Gasteiger partial charge in [0.25, 0.3) is 0 Å². The second-order valence-electron chi connectivity index (χ2n) is 8.30. The fourth-order valence-corrected chi connectivity index (χ4v) is 4.45. The number of halogens is 3. The van der Waals surface area contributed by atoms with Gasteiger partial charge >= 0.3 is 0 Å². The van der Waals surface area contributed by atoms with Crippen molar-refractivity contribution in [3.8, 4) is 5.75 Å². The Morgan fingerprint density at radius 1 is 0.970 bits per heavy atom. The number of rotatable bonds is 5. The number of anilines is 2. The molecule has 0 radical (unpaired) electrons. The SMILES string of the molecule is CN=C(NCC1CCN(c2ccc(F)c(F)c2)C1)N1CCN(c2ccc(OC)cc2)CC1.I. The summed E-state index contributed by atoms with van der Waals surface area (Å²) in [5, 5.41) is 3.52. The van der Waals surface area contributed by atoms with Crippen molar-refractivity contribution in [2.24, 2.45) is 10.9 Å². The molecule has 4 rings (SSSR count). The maximum Gasteiger partial charge on any atom is 0.193 e. The van der Waals surface area contributed by atoms with Gasteiger partial charge in [0.2, 0.25) is 0 Å². The van der Waals surface area contributed by atoms with Crippen LogP contribution in [0.15, 0.2) is 47.5 Å². The number of nitrogens with one attached hydrogen (secondary N) is 1. The first-order chi connectivity index (χ1) is 15.6. The normalized spacial score (nSPS) is 18.8. The van der Waals surface area contributed by atoms with E-state index in [4.69, 9.17) is 4.74 Å². The van der Waals surface area contributed by atoms with Crippen LogP contribution in [0.3, 0.4) is 0 Å². The number of hydrogen-bond donors (Lipinski definition) is 1. The van der Waals surface area contributed by atoms with Gasteiger partial charge in [0.15, 0.2) is 17.6 Å². The minimum absolute atomic E-state index is 0. The molecule has 0 aliphatic carbocycles. The average molecular weight is 571 g/mol. The van der Waals surface area contributed by atoms with Gasteiger partial charge in [-0.15, -0.1) is 24.0 Å². The van der Waals surface area contributed by atoms with E-state index in [9.17, 15) is 8.78 Å². The maximum atomic E-state index is 13.6. The highest BCUT2D eigenvalue weighted by Gasteiger charge is 2.25. The van der Waals surface area contributed by atoms with E-state index in [1.165, 1.54) is 17.8 Å². The molecule has 0 spiro atoms. The number of methoxy groups -OCH3 is 1. The molecule has 180 valence electrons. The number of piperazine rings is 1. The highest BCUT2D eigenvalue weighted by Crippen LogP contribution is 2.25. The summed E-state index contributed by atoms with van der Waals surface area (Å²) >= 11 is 0. The maximum absolute atomic E-state index is 13.6. The van der Waals surface area contributed by atoms with Crippen LogP contribution in [-0.4, -0.2) is 70.8 Å². The van der Waals surface area contributed by atoms with Crippen molar-refractivity contribution in [2.45, 2.75) is 6.42 Å². The lowest BCUT2D eigenvalue weighted by atomic mass is 10.1. The molecule has 9 heteroatoms. The fraction of sp³-hybridized carbons (Fsp3) is 0.458. The predicted molar refractivity (Wildman–Crippen MR) is 140 cm³/mol. The van der Waals surface area contributed by atoms with E-state index in [-0.39, 0.29) is 24.0 Å². The highest BCUT2D eigenvalue weighted by molar-refractivity contribution is 14.0. The lowest BCUT2D eigenvalue weighted by molar-refractivity contribution is 0.369. The second kappa shape index (κ2) is 11.7. The molecule has 2 saturated heterocycles. The van der Waals surface area contributed by atoms with Crippen LogP contribution in [-0.2, 0) is 0 Å². The molecular weight excluding hydrogens is 539 g/mol. The molecule has 1 atom stereocenters. The Labute approximate surface area is 211 Å². The first-order valence-corrected chi connectivity index (χ1v) is 11.1. The van der Waals surface area contributed by atoms with Crippen LogP contribution in [0.4, 0.5) is 20.2 Å². The Bertz CT molecular complexity index is 935. The summed E-state index contributed by atoms with van der Waals surface area (Å²) in [5.74, 6) is 0.624. The van der Waals surface area contributed by atoms with Crippen LogP contribution in [0.2, 0.25) is 0 Å². The number of guanidine groups is 1. The van der Waals surface area contributed by atoms with Gasteiger partial charge in [-0.05, 0) is 48.7 Å². The lowest BCUT2D eigenvalue weighted by Gasteiger charge is -2.38. The van der Waals surface area contributed by atoms with Gasteiger partial charge in [-0.3, -0.25) is 4.99 Å². The molecule has 1 N–H and O–H groups in total. The number of benzene rings is 2. The van der Waals surface area contributed by atoms with E-state index in [0.717, 1.165) is 69.6 Å². The minimum Gasteiger partial charge on any atom is -0.497 e.